The molecule has 0 spiro atoms. The summed E-state index contributed by atoms with van der Waals surface area (Å²) in [6.07, 6.45) is 4.88. The zero-order valence-corrected chi connectivity index (χ0v) is 11.8. The summed E-state index contributed by atoms with van der Waals surface area (Å²) in [7, 11) is 0. The minimum absolute atomic E-state index is 0.457. The third-order valence-corrected chi connectivity index (χ3v) is 4.35. The van der Waals surface area contributed by atoms with Gasteiger partial charge in [0.25, 0.3) is 0 Å². The average Bonchev–Trinajstić information content (AvgIpc) is 2.46. The number of rotatable bonds is 4. The van der Waals surface area contributed by atoms with Crippen LogP contribution in [0.2, 0.25) is 0 Å². The maximum atomic E-state index is 5.97. The molecule has 3 N–H and O–H groups in total. The van der Waals surface area contributed by atoms with Crippen molar-refractivity contribution in [3.63, 3.8) is 0 Å². The number of fused-ring (bicyclic) bond motifs is 1. The van der Waals surface area contributed by atoms with Crippen LogP contribution in [-0.4, -0.2) is 31.3 Å². The highest BCUT2D eigenvalue weighted by atomic mass is 16.5. The predicted octanol–water partition coefficient (Wildman–Crippen LogP) is 1.70. The second-order valence-electron chi connectivity index (χ2n) is 5.70. The van der Waals surface area contributed by atoms with E-state index >= 15 is 0 Å². The molecular weight excluding hydrogens is 250 g/mol. The molecule has 1 heterocycles. The van der Waals surface area contributed by atoms with E-state index in [4.69, 9.17) is 10.5 Å². The van der Waals surface area contributed by atoms with Crippen molar-refractivity contribution in [2.24, 2.45) is 16.6 Å². The molecule has 3 atom stereocenters. The van der Waals surface area contributed by atoms with Crippen molar-refractivity contribution in [3.8, 4) is 0 Å². The Labute approximate surface area is 120 Å². The van der Waals surface area contributed by atoms with E-state index < -0.39 is 0 Å². The third kappa shape index (κ3) is 3.12. The van der Waals surface area contributed by atoms with Gasteiger partial charge in [-0.2, -0.15) is 0 Å². The third-order valence-electron chi connectivity index (χ3n) is 4.35. The molecule has 0 radical (unpaired) electrons. The van der Waals surface area contributed by atoms with Gasteiger partial charge in [-0.25, -0.2) is 0 Å². The lowest BCUT2D eigenvalue weighted by molar-refractivity contribution is -0.0989. The van der Waals surface area contributed by atoms with Gasteiger partial charge in [-0.1, -0.05) is 30.3 Å². The molecular formula is C16H23N3O. The predicted molar refractivity (Wildman–Crippen MR) is 80.6 cm³/mol. The Kier molecular flexibility index (Phi) is 4.21. The first kappa shape index (κ1) is 13.4. The second-order valence-corrected chi connectivity index (χ2v) is 5.70. The number of hydrogen-bond donors (Lipinski definition) is 2. The summed E-state index contributed by atoms with van der Waals surface area (Å²) in [5.74, 6) is 1.21. The van der Waals surface area contributed by atoms with E-state index in [1.54, 1.807) is 0 Å². The number of benzene rings is 1. The summed E-state index contributed by atoms with van der Waals surface area (Å²) in [5, 5.41) is 3.35. The molecule has 2 aliphatic rings. The fraction of sp³-hybridized carbons (Fsp3) is 0.562. The Morgan fingerprint density at radius 2 is 2.20 bits per heavy atom. The number of nitrogens with two attached hydrogens (primary N) is 1. The molecule has 1 aliphatic heterocycles. The largest absolute Gasteiger partial charge is 0.378 e. The van der Waals surface area contributed by atoms with Gasteiger partial charge < -0.3 is 15.8 Å². The summed E-state index contributed by atoms with van der Waals surface area (Å²) >= 11 is 0. The van der Waals surface area contributed by atoms with Crippen molar-refractivity contribution >= 4 is 5.96 Å². The van der Waals surface area contributed by atoms with Crippen LogP contribution < -0.4 is 11.1 Å². The molecule has 1 saturated heterocycles. The van der Waals surface area contributed by atoms with Gasteiger partial charge in [0, 0.05) is 25.1 Å². The molecule has 4 nitrogen and oxygen atoms in total. The van der Waals surface area contributed by atoms with Crippen LogP contribution >= 0.6 is 0 Å². The van der Waals surface area contributed by atoms with Crippen molar-refractivity contribution in [1.82, 2.24) is 5.32 Å². The number of nitrogens with zero attached hydrogens (tertiary/aromatic N) is 1. The fourth-order valence-corrected chi connectivity index (χ4v) is 3.15. The van der Waals surface area contributed by atoms with Crippen molar-refractivity contribution in [3.05, 3.63) is 35.9 Å². The lowest BCUT2D eigenvalue weighted by atomic mass is 9.72. The first-order chi connectivity index (χ1) is 9.83. The monoisotopic (exact) mass is 273 g/mol. The highest BCUT2D eigenvalue weighted by Crippen LogP contribution is 2.37. The van der Waals surface area contributed by atoms with E-state index in [9.17, 15) is 0 Å². The maximum Gasteiger partial charge on any atom is 0.188 e. The zero-order valence-electron chi connectivity index (χ0n) is 11.8. The van der Waals surface area contributed by atoms with Gasteiger partial charge >= 0.3 is 0 Å². The van der Waals surface area contributed by atoms with Gasteiger partial charge in [0.15, 0.2) is 5.96 Å². The maximum absolute atomic E-state index is 5.97. The standard InChI is InChI=1S/C16H23N3O/c17-16(18-9-8-12-5-2-1-3-6-12)19-14-11-15-13(14)7-4-10-20-15/h1-3,5-6,13-15H,4,7-11H2,(H3,17,18,19). The quantitative estimate of drug-likeness (QED) is 0.648. The van der Waals surface area contributed by atoms with E-state index in [-0.39, 0.29) is 0 Å². The fourth-order valence-electron chi connectivity index (χ4n) is 3.15. The van der Waals surface area contributed by atoms with Crippen LogP contribution in [0.1, 0.15) is 24.8 Å². The number of aliphatic imine (C=N–C) groups is 1. The van der Waals surface area contributed by atoms with E-state index in [0.717, 1.165) is 26.0 Å². The molecule has 1 aromatic rings. The van der Waals surface area contributed by atoms with E-state index in [2.05, 4.69) is 34.6 Å². The number of nitrogens with one attached hydrogen (secondary N) is 1. The lowest BCUT2D eigenvalue weighted by Gasteiger charge is -2.47. The molecule has 4 heteroatoms. The van der Waals surface area contributed by atoms with Crippen LogP contribution in [0.5, 0.6) is 0 Å². The molecule has 0 amide bonds. The Morgan fingerprint density at radius 3 is 3.00 bits per heavy atom. The summed E-state index contributed by atoms with van der Waals surface area (Å²) < 4.78 is 5.71. The van der Waals surface area contributed by atoms with Crippen molar-refractivity contribution in [1.29, 1.82) is 0 Å². The van der Waals surface area contributed by atoms with E-state index in [1.165, 1.54) is 18.4 Å². The molecule has 1 saturated carbocycles. The van der Waals surface area contributed by atoms with Crippen molar-refractivity contribution < 1.29 is 4.74 Å². The van der Waals surface area contributed by atoms with Gasteiger partial charge in [0.05, 0.1) is 6.10 Å². The zero-order chi connectivity index (χ0) is 13.8. The Bertz CT molecular complexity index is 460. The molecule has 3 unspecified atom stereocenters. The molecule has 0 bridgehead atoms. The van der Waals surface area contributed by atoms with Crippen LogP contribution in [0, 0.1) is 5.92 Å². The normalized spacial score (nSPS) is 29.4. The molecule has 20 heavy (non-hydrogen) atoms. The molecule has 3 rings (SSSR count). The molecule has 2 fully saturated rings. The molecule has 0 aromatic heterocycles. The minimum Gasteiger partial charge on any atom is -0.378 e. The number of hydrogen-bond acceptors (Lipinski definition) is 2. The Hall–Kier alpha value is -1.55. The number of ether oxygens (including phenoxy) is 1. The van der Waals surface area contributed by atoms with Crippen LogP contribution in [0.25, 0.3) is 0 Å². The number of guanidine groups is 1. The van der Waals surface area contributed by atoms with Crippen molar-refractivity contribution in [2.45, 2.75) is 37.8 Å². The summed E-state index contributed by atoms with van der Waals surface area (Å²) in [5.41, 5.74) is 7.27. The van der Waals surface area contributed by atoms with Gasteiger partial charge in [0.1, 0.15) is 0 Å². The topological polar surface area (TPSA) is 59.6 Å². The average molecular weight is 273 g/mol. The van der Waals surface area contributed by atoms with E-state index in [1.807, 2.05) is 6.07 Å². The smallest absolute Gasteiger partial charge is 0.188 e. The summed E-state index contributed by atoms with van der Waals surface area (Å²) in [4.78, 5) is 4.42. The highest BCUT2D eigenvalue weighted by molar-refractivity contribution is 5.78. The van der Waals surface area contributed by atoms with Gasteiger partial charge in [-0.15, -0.1) is 0 Å². The molecule has 108 valence electrons. The highest BCUT2D eigenvalue weighted by Gasteiger charge is 2.43. The van der Waals surface area contributed by atoms with E-state index in [0.29, 0.717) is 24.0 Å². The first-order valence-corrected chi connectivity index (χ1v) is 7.55. The van der Waals surface area contributed by atoms with Crippen molar-refractivity contribution in [2.75, 3.05) is 13.2 Å². The van der Waals surface area contributed by atoms with Crippen LogP contribution in [0.4, 0.5) is 0 Å². The van der Waals surface area contributed by atoms with Crippen LogP contribution in [0.15, 0.2) is 35.3 Å². The van der Waals surface area contributed by atoms with Crippen LogP contribution in [-0.2, 0) is 11.2 Å². The Balaban J connectivity index is 1.42. The first-order valence-electron chi connectivity index (χ1n) is 7.55. The van der Waals surface area contributed by atoms with Gasteiger partial charge in [-0.3, -0.25) is 4.99 Å². The van der Waals surface area contributed by atoms with Gasteiger partial charge in [-0.05, 0) is 31.2 Å². The summed E-state index contributed by atoms with van der Waals surface area (Å²) in [6, 6.07) is 10.8. The Morgan fingerprint density at radius 1 is 1.35 bits per heavy atom. The minimum atomic E-state index is 0.457. The molecule has 1 aromatic carbocycles. The molecule has 1 aliphatic carbocycles. The van der Waals surface area contributed by atoms with Crippen LogP contribution in [0.3, 0.4) is 0 Å². The summed E-state index contributed by atoms with van der Waals surface area (Å²) in [6.45, 7) is 1.66. The van der Waals surface area contributed by atoms with Gasteiger partial charge in [0.2, 0.25) is 0 Å². The SMILES string of the molecule is NC(=NCCc1ccccc1)NC1CC2OCCCC12. The lowest BCUT2D eigenvalue weighted by Crippen LogP contribution is -2.59. The second kappa shape index (κ2) is 6.27.